The lowest BCUT2D eigenvalue weighted by Gasteiger charge is -2.18. The van der Waals surface area contributed by atoms with Crippen LogP contribution in [0.15, 0.2) is 18.2 Å². The van der Waals surface area contributed by atoms with Crippen molar-refractivity contribution in [3.05, 3.63) is 23.2 Å². The highest BCUT2D eigenvalue weighted by molar-refractivity contribution is 6.34. The SMILES string of the molecule is CC(=O)Nc1ccc(NC2CCCOCC2)cc1Cl. The van der Waals surface area contributed by atoms with Crippen molar-refractivity contribution < 1.29 is 9.53 Å². The molecule has 5 heteroatoms. The summed E-state index contributed by atoms with van der Waals surface area (Å²) in [6.45, 7) is 3.11. The van der Waals surface area contributed by atoms with Gasteiger partial charge in [-0.1, -0.05) is 11.6 Å². The van der Waals surface area contributed by atoms with Gasteiger partial charge in [0.1, 0.15) is 0 Å². The number of rotatable bonds is 3. The van der Waals surface area contributed by atoms with Crippen LogP contribution in [0.5, 0.6) is 0 Å². The molecule has 1 aliphatic rings. The molecule has 0 saturated carbocycles. The molecule has 1 aromatic carbocycles. The fourth-order valence-electron chi connectivity index (χ4n) is 2.18. The number of benzene rings is 1. The fourth-order valence-corrected chi connectivity index (χ4v) is 2.41. The number of nitrogens with one attached hydrogen (secondary N) is 2. The lowest BCUT2D eigenvalue weighted by atomic mass is 10.1. The zero-order valence-electron chi connectivity index (χ0n) is 11.0. The Labute approximate surface area is 118 Å². The van der Waals surface area contributed by atoms with Crippen LogP contribution >= 0.6 is 11.6 Å². The number of hydrogen-bond acceptors (Lipinski definition) is 3. The Balaban J connectivity index is 2.00. The van der Waals surface area contributed by atoms with Gasteiger partial charge in [0.2, 0.25) is 5.91 Å². The second-order valence-corrected chi connectivity index (χ2v) is 5.17. The van der Waals surface area contributed by atoms with Crippen LogP contribution in [0.25, 0.3) is 0 Å². The molecule has 0 radical (unpaired) electrons. The van der Waals surface area contributed by atoms with Crippen LogP contribution < -0.4 is 10.6 Å². The van der Waals surface area contributed by atoms with Gasteiger partial charge in [0.15, 0.2) is 0 Å². The minimum atomic E-state index is -0.122. The van der Waals surface area contributed by atoms with Crippen LogP contribution in [-0.4, -0.2) is 25.2 Å². The van der Waals surface area contributed by atoms with Gasteiger partial charge in [0.05, 0.1) is 10.7 Å². The van der Waals surface area contributed by atoms with Crippen LogP contribution in [0.3, 0.4) is 0 Å². The molecule has 1 amide bonds. The van der Waals surface area contributed by atoms with Crippen molar-refractivity contribution in [1.82, 2.24) is 0 Å². The zero-order chi connectivity index (χ0) is 13.7. The van der Waals surface area contributed by atoms with Gasteiger partial charge in [-0.15, -0.1) is 0 Å². The second-order valence-electron chi connectivity index (χ2n) is 4.76. The Morgan fingerprint density at radius 2 is 2.21 bits per heavy atom. The van der Waals surface area contributed by atoms with Crippen molar-refractivity contribution in [3.8, 4) is 0 Å². The maximum Gasteiger partial charge on any atom is 0.221 e. The molecule has 0 spiro atoms. The molecule has 0 bridgehead atoms. The number of hydrogen-bond donors (Lipinski definition) is 2. The first-order valence-electron chi connectivity index (χ1n) is 6.56. The Morgan fingerprint density at radius 1 is 1.37 bits per heavy atom. The standard InChI is InChI=1S/C14H19ClN2O2/c1-10(18)16-14-5-4-12(9-13(14)15)17-11-3-2-7-19-8-6-11/h4-5,9,11,17H,2-3,6-8H2,1H3,(H,16,18). The monoisotopic (exact) mass is 282 g/mol. The van der Waals surface area contributed by atoms with Crippen molar-refractivity contribution in [2.45, 2.75) is 32.2 Å². The van der Waals surface area contributed by atoms with E-state index in [2.05, 4.69) is 10.6 Å². The van der Waals surface area contributed by atoms with Crippen LogP contribution in [-0.2, 0) is 9.53 Å². The van der Waals surface area contributed by atoms with Crippen LogP contribution in [0, 0.1) is 0 Å². The summed E-state index contributed by atoms with van der Waals surface area (Å²) < 4.78 is 5.44. The van der Waals surface area contributed by atoms with E-state index < -0.39 is 0 Å². The van der Waals surface area contributed by atoms with E-state index in [1.807, 2.05) is 18.2 Å². The molecule has 104 valence electrons. The highest BCUT2D eigenvalue weighted by Gasteiger charge is 2.12. The summed E-state index contributed by atoms with van der Waals surface area (Å²) in [5, 5.41) is 6.71. The van der Waals surface area contributed by atoms with Crippen molar-refractivity contribution in [3.63, 3.8) is 0 Å². The third-order valence-electron chi connectivity index (χ3n) is 3.10. The van der Waals surface area contributed by atoms with Crippen LogP contribution in [0.1, 0.15) is 26.2 Å². The molecule has 1 aliphatic heterocycles. The molecule has 1 fully saturated rings. The van der Waals surface area contributed by atoms with Gasteiger partial charge in [-0.25, -0.2) is 0 Å². The van der Waals surface area contributed by atoms with Gasteiger partial charge in [0, 0.05) is 31.9 Å². The number of halogens is 1. The van der Waals surface area contributed by atoms with Crippen molar-refractivity contribution >= 4 is 28.9 Å². The van der Waals surface area contributed by atoms with E-state index >= 15 is 0 Å². The summed E-state index contributed by atoms with van der Waals surface area (Å²) in [5.41, 5.74) is 1.62. The Bertz CT molecular complexity index is 443. The van der Waals surface area contributed by atoms with Gasteiger partial charge in [0.25, 0.3) is 0 Å². The molecule has 1 atom stereocenters. The third-order valence-corrected chi connectivity index (χ3v) is 3.42. The molecule has 2 N–H and O–H groups in total. The fraction of sp³-hybridized carbons (Fsp3) is 0.500. The van der Waals surface area contributed by atoms with Gasteiger partial charge < -0.3 is 15.4 Å². The Morgan fingerprint density at radius 3 is 2.95 bits per heavy atom. The van der Waals surface area contributed by atoms with E-state index in [0.29, 0.717) is 16.8 Å². The number of ether oxygens (including phenoxy) is 1. The summed E-state index contributed by atoms with van der Waals surface area (Å²) in [6.07, 6.45) is 3.19. The number of amides is 1. The number of carbonyl (C=O) groups is 1. The molecule has 4 nitrogen and oxygen atoms in total. The smallest absolute Gasteiger partial charge is 0.221 e. The van der Waals surface area contributed by atoms with Gasteiger partial charge in [-0.3, -0.25) is 4.79 Å². The first kappa shape index (κ1) is 14.2. The first-order valence-corrected chi connectivity index (χ1v) is 6.94. The molecule has 2 rings (SSSR count). The third kappa shape index (κ3) is 4.40. The zero-order valence-corrected chi connectivity index (χ0v) is 11.8. The van der Waals surface area contributed by atoms with Gasteiger partial charge >= 0.3 is 0 Å². The molecular weight excluding hydrogens is 264 g/mol. The number of carbonyl (C=O) groups excluding carboxylic acids is 1. The van der Waals surface area contributed by atoms with Crippen LogP contribution in [0.2, 0.25) is 5.02 Å². The summed E-state index contributed by atoms with van der Waals surface area (Å²) in [4.78, 5) is 11.0. The molecular formula is C14H19ClN2O2. The van der Waals surface area contributed by atoms with E-state index in [-0.39, 0.29) is 5.91 Å². The lowest BCUT2D eigenvalue weighted by Crippen LogP contribution is -2.19. The molecule has 1 heterocycles. The molecule has 1 aromatic rings. The normalized spacial score (nSPS) is 19.6. The van der Waals surface area contributed by atoms with E-state index in [1.165, 1.54) is 6.92 Å². The Hall–Kier alpha value is -1.26. The highest BCUT2D eigenvalue weighted by Crippen LogP contribution is 2.26. The summed E-state index contributed by atoms with van der Waals surface area (Å²) in [6, 6.07) is 6.02. The molecule has 1 unspecified atom stereocenters. The minimum absolute atomic E-state index is 0.122. The molecule has 1 saturated heterocycles. The predicted molar refractivity (Wildman–Crippen MR) is 77.8 cm³/mol. The molecule has 0 aliphatic carbocycles. The van der Waals surface area contributed by atoms with Crippen molar-refractivity contribution in [2.24, 2.45) is 0 Å². The van der Waals surface area contributed by atoms with E-state index in [1.54, 1.807) is 0 Å². The minimum Gasteiger partial charge on any atom is -0.382 e. The largest absolute Gasteiger partial charge is 0.382 e. The quantitative estimate of drug-likeness (QED) is 0.894. The first-order chi connectivity index (χ1) is 9.15. The highest BCUT2D eigenvalue weighted by atomic mass is 35.5. The maximum absolute atomic E-state index is 11.0. The number of anilines is 2. The lowest BCUT2D eigenvalue weighted by molar-refractivity contribution is -0.114. The Kier molecular flexibility index (Phi) is 5.05. The predicted octanol–water partition coefficient (Wildman–Crippen LogP) is 3.28. The average molecular weight is 283 g/mol. The average Bonchev–Trinajstić information content (AvgIpc) is 2.61. The topological polar surface area (TPSA) is 50.4 Å². The van der Waals surface area contributed by atoms with E-state index in [0.717, 1.165) is 38.2 Å². The summed E-state index contributed by atoms with van der Waals surface area (Å²) in [7, 11) is 0. The second kappa shape index (κ2) is 6.78. The van der Waals surface area contributed by atoms with Crippen molar-refractivity contribution in [1.29, 1.82) is 0 Å². The summed E-state index contributed by atoms with van der Waals surface area (Å²) in [5.74, 6) is -0.122. The van der Waals surface area contributed by atoms with Crippen LogP contribution in [0.4, 0.5) is 11.4 Å². The van der Waals surface area contributed by atoms with Crippen molar-refractivity contribution in [2.75, 3.05) is 23.8 Å². The van der Waals surface area contributed by atoms with Gasteiger partial charge in [-0.05, 0) is 37.5 Å². The van der Waals surface area contributed by atoms with E-state index in [9.17, 15) is 4.79 Å². The maximum atomic E-state index is 11.0. The molecule has 0 aromatic heterocycles. The van der Waals surface area contributed by atoms with Gasteiger partial charge in [-0.2, -0.15) is 0 Å². The molecule has 19 heavy (non-hydrogen) atoms. The van der Waals surface area contributed by atoms with E-state index in [4.69, 9.17) is 16.3 Å². The summed E-state index contributed by atoms with van der Waals surface area (Å²) >= 11 is 6.14.